The zero-order valence-corrected chi connectivity index (χ0v) is 20.8. The Kier molecular flexibility index (Phi) is 7.98. The number of benzene rings is 3. The second-order valence-electron chi connectivity index (χ2n) is 8.42. The molecule has 1 atom stereocenters. The molecule has 0 bridgehead atoms. The number of ether oxygens (including phenoxy) is 3. The summed E-state index contributed by atoms with van der Waals surface area (Å²) in [6, 6.07) is 20.6. The van der Waals surface area contributed by atoms with Crippen molar-refractivity contribution in [2.75, 3.05) is 14.2 Å². The molecule has 0 saturated carbocycles. The van der Waals surface area contributed by atoms with Crippen LogP contribution < -0.4 is 4.74 Å². The first-order valence-corrected chi connectivity index (χ1v) is 11.7. The summed E-state index contributed by atoms with van der Waals surface area (Å²) in [7, 11) is 2.78. The Balaban J connectivity index is 1.55. The summed E-state index contributed by atoms with van der Waals surface area (Å²) in [5.41, 5.74) is 3.88. The highest BCUT2D eigenvalue weighted by Gasteiger charge is 2.31. The van der Waals surface area contributed by atoms with Gasteiger partial charge in [-0.05, 0) is 41.0 Å². The molecular formula is C29H27FN2O5. The fourth-order valence-electron chi connectivity index (χ4n) is 4.23. The van der Waals surface area contributed by atoms with Gasteiger partial charge in [0, 0.05) is 18.9 Å². The van der Waals surface area contributed by atoms with E-state index in [0.717, 1.165) is 11.1 Å². The lowest BCUT2D eigenvalue weighted by Gasteiger charge is -2.20. The minimum atomic E-state index is -0.515. The number of carbonyl (C=O) groups is 2. The summed E-state index contributed by atoms with van der Waals surface area (Å²) < 4.78 is 29.9. The van der Waals surface area contributed by atoms with Crippen molar-refractivity contribution in [1.29, 1.82) is 0 Å². The quantitative estimate of drug-likeness (QED) is 0.239. The van der Waals surface area contributed by atoms with Crippen LogP contribution in [-0.4, -0.2) is 36.8 Å². The average molecular weight is 503 g/mol. The number of hydrazone groups is 1. The number of carbonyl (C=O) groups excluding carboxylic acids is 2. The van der Waals surface area contributed by atoms with Crippen molar-refractivity contribution in [3.05, 3.63) is 107 Å². The van der Waals surface area contributed by atoms with Gasteiger partial charge in [0.1, 0.15) is 23.7 Å². The van der Waals surface area contributed by atoms with E-state index < -0.39 is 5.97 Å². The van der Waals surface area contributed by atoms with Crippen molar-refractivity contribution in [3.8, 4) is 5.75 Å². The lowest BCUT2D eigenvalue weighted by molar-refractivity contribution is -0.134. The lowest BCUT2D eigenvalue weighted by atomic mass is 9.98. The van der Waals surface area contributed by atoms with Gasteiger partial charge in [-0.2, -0.15) is 5.10 Å². The predicted octanol–water partition coefficient (Wildman–Crippen LogP) is 5.26. The second-order valence-corrected chi connectivity index (χ2v) is 8.42. The number of methoxy groups -OCH3 is 2. The molecule has 190 valence electrons. The monoisotopic (exact) mass is 502 g/mol. The molecule has 1 aliphatic heterocycles. The number of rotatable bonds is 8. The molecule has 0 N–H and O–H groups in total. The van der Waals surface area contributed by atoms with Crippen molar-refractivity contribution < 1.29 is 28.2 Å². The van der Waals surface area contributed by atoms with Crippen LogP contribution in [0.25, 0.3) is 5.57 Å². The van der Waals surface area contributed by atoms with Crippen molar-refractivity contribution >= 4 is 23.2 Å². The molecule has 1 aliphatic rings. The van der Waals surface area contributed by atoms with Crippen LogP contribution in [0, 0.1) is 5.82 Å². The summed E-state index contributed by atoms with van der Waals surface area (Å²) >= 11 is 0. The van der Waals surface area contributed by atoms with Gasteiger partial charge in [-0.1, -0.05) is 48.5 Å². The fraction of sp³-hybridized carbons (Fsp3) is 0.207. The highest BCUT2D eigenvalue weighted by Crippen LogP contribution is 2.34. The third kappa shape index (κ3) is 5.86. The number of amides is 1. The lowest BCUT2D eigenvalue weighted by Crippen LogP contribution is -2.24. The number of hydrogen-bond donors (Lipinski definition) is 0. The van der Waals surface area contributed by atoms with E-state index >= 15 is 0 Å². The minimum Gasteiger partial charge on any atom is -0.503 e. The van der Waals surface area contributed by atoms with Gasteiger partial charge < -0.3 is 14.2 Å². The molecule has 7 nitrogen and oxygen atoms in total. The average Bonchev–Trinajstić information content (AvgIpc) is 3.37. The number of hydrogen-bond acceptors (Lipinski definition) is 6. The van der Waals surface area contributed by atoms with Crippen molar-refractivity contribution in [2.24, 2.45) is 5.10 Å². The van der Waals surface area contributed by atoms with Gasteiger partial charge in [0.15, 0.2) is 0 Å². The van der Waals surface area contributed by atoms with Crippen LogP contribution in [-0.2, 0) is 25.7 Å². The summed E-state index contributed by atoms with van der Waals surface area (Å²) in [5.74, 6) is -0.507. The Hall–Kier alpha value is -4.46. The van der Waals surface area contributed by atoms with Crippen LogP contribution >= 0.6 is 0 Å². The van der Waals surface area contributed by atoms with Gasteiger partial charge in [0.25, 0.3) is 0 Å². The van der Waals surface area contributed by atoms with E-state index in [1.165, 1.54) is 44.5 Å². The summed E-state index contributed by atoms with van der Waals surface area (Å²) in [6.07, 6.45) is 1.79. The molecule has 3 aromatic rings. The molecule has 8 heteroatoms. The third-order valence-corrected chi connectivity index (χ3v) is 5.98. The Labute approximate surface area is 214 Å². The topological polar surface area (TPSA) is 77.4 Å². The summed E-state index contributed by atoms with van der Waals surface area (Å²) in [4.78, 5) is 24.5. The molecule has 3 aromatic carbocycles. The first kappa shape index (κ1) is 25.6. The largest absolute Gasteiger partial charge is 0.503 e. The van der Waals surface area contributed by atoms with Gasteiger partial charge in [0.2, 0.25) is 5.91 Å². The zero-order chi connectivity index (χ0) is 26.4. The molecule has 0 fully saturated rings. The molecule has 1 heterocycles. The minimum absolute atomic E-state index is 0.190. The highest BCUT2D eigenvalue weighted by atomic mass is 19.1. The van der Waals surface area contributed by atoms with E-state index in [1.54, 1.807) is 18.2 Å². The van der Waals surface area contributed by atoms with Crippen molar-refractivity contribution in [2.45, 2.75) is 26.0 Å². The van der Waals surface area contributed by atoms with E-state index in [-0.39, 0.29) is 29.9 Å². The zero-order valence-electron chi connectivity index (χ0n) is 20.8. The molecule has 37 heavy (non-hydrogen) atoms. The molecule has 0 aromatic heterocycles. The first-order chi connectivity index (χ1) is 17.9. The smallest absolute Gasteiger partial charge is 0.341 e. The van der Waals surface area contributed by atoms with Gasteiger partial charge in [-0.3, -0.25) is 4.79 Å². The van der Waals surface area contributed by atoms with E-state index in [1.807, 2.05) is 42.5 Å². The van der Waals surface area contributed by atoms with Crippen LogP contribution in [0.5, 0.6) is 5.75 Å². The van der Waals surface area contributed by atoms with Gasteiger partial charge in [-0.15, -0.1) is 0 Å². The van der Waals surface area contributed by atoms with Gasteiger partial charge in [0.05, 0.1) is 32.2 Å². The molecule has 0 aliphatic carbocycles. The summed E-state index contributed by atoms with van der Waals surface area (Å²) in [5, 5.41) is 5.93. The van der Waals surface area contributed by atoms with Crippen LogP contribution in [0.2, 0.25) is 0 Å². The Morgan fingerprint density at radius 2 is 1.84 bits per heavy atom. The first-order valence-electron chi connectivity index (χ1n) is 11.7. The van der Waals surface area contributed by atoms with Crippen LogP contribution in [0.4, 0.5) is 4.39 Å². The normalized spacial score (nSPS) is 15.2. The Morgan fingerprint density at radius 3 is 2.57 bits per heavy atom. The molecule has 0 spiro atoms. The third-order valence-electron chi connectivity index (χ3n) is 5.98. The van der Waals surface area contributed by atoms with E-state index in [9.17, 15) is 14.0 Å². The van der Waals surface area contributed by atoms with Crippen LogP contribution in [0.1, 0.15) is 41.6 Å². The number of nitrogens with zero attached hydrogens (tertiary/aromatic N) is 2. The molecule has 0 radical (unpaired) electrons. The van der Waals surface area contributed by atoms with Crippen molar-refractivity contribution in [3.63, 3.8) is 0 Å². The maximum Gasteiger partial charge on any atom is 0.341 e. The van der Waals surface area contributed by atoms with Crippen LogP contribution in [0.15, 0.2) is 84.2 Å². The molecule has 0 saturated heterocycles. The summed E-state index contributed by atoms with van der Waals surface area (Å²) in [6.45, 7) is 1.63. The number of halogens is 1. The van der Waals surface area contributed by atoms with Crippen molar-refractivity contribution in [1.82, 2.24) is 5.01 Å². The van der Waals surface area contributed by atoms with Gasteiger partial charge in [-0.25, -0.2) is 14.2 Å². The highest BCUT2D eigenvalue weighted by molar-refractivity contribution is 6.16. The van der Waals surface area contributed by atoms with E-state index in [2.05, 4.69) is 5.10 Å². The Bertz CT molecular complexity index is 1370. The maximum absolute atomic E-state index is 13.8. The molecule has 4 rings (SSSR count). The molecule has 1 unspecified atom stereocenters. The van der Waals surface area contributed by atoms with Gasteiger partial charge >= 0.3 is 5.97 Å². The van der Waals surface area contributed by atoms with Crippen LogP contribution in [0.3, 0.4) is 0 Å². The molecule has 1 amide bonds. The van der Waals surface area contributed by atoms with E-state index in [4.69, 9.17) is 14.2 Å². The van der Waals surface area contributed by atoms with E-state index in [0.29, 0.717) is 29.0 Å². The number of esters is 1. The fourth-order valence-corrected chi connectivity index (χ4v) is 4.23. The molecular weight excluding hydrogens is 475 g/mol. The standard InChI is InChI=1S/C29H27FN2O5/c1-19(33)32-28(21-10-6-11-23(30)14-21)16-27(31-32)20-9-7-12-24(15-20)37-17-22-8-4-5-13-25(22)26(18-35-2)29(34)36-3/h4-15,18,28H,16-17H2,1-3H3/b26-18+. The predicted molar refractivity (Wildman–Crippen MR) is 137 cm³/mol. The second kappa shape index (κ2) is 11.5. The Morgan fingerprint density at radius 1 is 1.05 bits per heavy atom. The maximum atomic E-state index is 13.8. The SMILES string of the molecule is CO/C=C(/C(=O)OC)c1ccccc1COc1cccc(C2=NN(C(C)=O)C(c3cccc(F)c3)C2)c1.